The molecule has 0 unspecified atom stereocenters. The molecule has 53 heavy (non-hydrogen) atoms. The number of likely N-dealkylation sites (N-methyl/N-ethyl adjacent to an activating group) is 2. The number of nitrogens with two attached hydrogens (primary N) is 1. The van der Waals surface area contributed by atoms with Crippen molar-refractivity contribution in [1.29, 1.82) is 0 Å². The minimum absolute atomic E-state index is 0.0669. The van der Waals surface area contributed by atoms with Gasteiger partial charge in [-0.15, -0.1) is 5.46 Å². The van der Waals surface area contributed by atoms with E-state index in [-0.39, 0.29) is 6.54 Å². The van der Waals surface area contributed by atoms with Crippen molar-refractivity contribution in [3.05, 3.63) is 29.8 Å². The highest BCUT2D eigenvalue weighted by Crippen LogP contribution is 2.29. The number of primary amides is 1. The number of rotatable bonds is 16. The Balaban J connectivity index is 2.22. The summed E-state index contributed by atoms with van der Waals surface area (Å²) < 4.78 is 18.2. The summed E-state index contributed by atoms with van der Waals surface area (Å²) in [5.41, 5.74) is 0.289. The Morgan fingerprint density at radius 1 is 0.698 bits per heavy atom. The number of carbonyl (C=O) groups is 7. The lowest BCUT2D eigenvalue weighted by molar-refractivity contribution is -0.146. The van der Waals surface area contributed by atoms with Crippen molar-refractivity contribution in [3.63, 3.8) is 0 Å². The Labute approximate surface area is 310 Å². The van der Waals surface area contributed by atoms with Gasteiger partial charge in [0.15, 0.2) is 0 Å². The van der Waals surface area contributed by atoms with E-state index in [1.165, 1.54) is 86.6 Å². The van der Waals surface area contributed by atoms with E-state index in [1.54, 1.807) is 38.1 Å². The first-order valence-electron chi connectivity index (χ1n) is 17.0. The van der Waals surface area contributed by atoms with Crippen LogP contribution in [0.25, 0.3) is 0 Å². The van der Waals surface area contributed by atoms with Crippen molar-refractivity contribution in [1.82, 2.24) is 36.4 Å². The molecule has 0 aromatic heterocycles. The maximum absolute atomic E-state index is 13.6. The molecular formula is C34H56BN8O10-. The summed E-state index contributed by atoms with van der Waals surface area (Å²) in [7, 11) is 7.50. The molecule has 1 fully saturated rings. The first kappa shape index (κ1) is 44.6. The molecule has 2 atom stereocenters. The molecule has 1 aliphatic rings. The minimum atomic E-state index is -2.81. The predicted octanol–water partition coefficient (Wildman–Crippen LogP) is -2.41. The Morgan fingerprint density at radius 2 is 1.09 bits per heavy atom. The zero-order valence-electron chi connectivity index (χ0n) is 33.0. The zero-order valence-corrected chi connectivity index (χ0v) is 33.0. The van der Waals surface area contributed by atoms with Crippen LogP contribution in [0.1, 0.15) is 61.0 Å². The molecule has 1 aromatic rings. The van der Waals surface area contributed by atoms with Crippen molar-refractivity contribution in [2.75, 3.05) is 41.8 Å². The lowest BCUT2D eigenvalue weighted by Gasteiger charge is -2.38. The third-order valence-electron chi connectivity index (χ3n) is 8.73. The quantitative estimate of drug-likeness (QED) is 0.0975. The van der Waals surface area contributed by atoms with Crippen LogP contribution in [0, 0.1) is 0 Å². The van der Waals surface area contributed by atoms with Gasteiger partial charge in [0, 0.05) is 34.7 Å². The smallest absolute Gasteiger partial charge is 0.410 e. The van der Waals surface area contributed by atoms with Crippen molar-refractivity contribution < 1.29 is 47.5 Å². The third-order valence-corrected chi connectivity index (χ3v) is 8.73. The van der Waals surface area contributed by atoms with Gasteiger partial charge in [-0.25, -0.2) is 0 Å². The zero-order chi connectivity index (χ0) is 40.9. The molecule has 18 nitrogen and oxygen atoms in total. The molecule has 0 aliphatic carbocycles. The van der Waals surface area contributed by atoms with Gasteiger partial charge in [0.25, 0.3) is 0 Å². The van der Waals surface area contributed by atoms with Gasteiger partial charge in [-0.05, 0) is 62.5 Å². The van der Waals surface area contributed by atoms with Crippen molar-refractivity contribution in [3.8, 4) is 0 Å². The lowest BCUT2D eigenvalue weighted by atomic mass is 9.67. The molecule has 1 aromatic carbocycles. The summed E-state index contributed by atoms with van der Waals surface area (Å²) in [4.78, 5) is 92.6. The summed E-state index contributed by atoms with van der Waals surface area (Å²) in [6, 6.07) is 6.92. The summed E-state index contributed by atoms with van der Waals surface area (Å²) in [6.45, 7) is 8.71. The molecule has 7 amide bonds. The number of amides is 7. The molecule has 0 saturated carbocycles. The fraction of sp³-hybridized carbons (Fsp3) is 0.618. The standard InChI is InChI=1S/C34H56BN8O10/c1-31(2,28(48)39-33(5,6)30(50)41-34(7,8)29(49)40-32(3,4)27(47)37-19-22(36)44)38-18-20-16-14-15-17-21(20)35(51-13)52-23(25(45)42(9)10)24(53-35)26(46)43(11)12/h14-17,23-24,38H,18-19H2,1-13H3,(H2,36,44)(H,37,47)(H,39,48)(H,40,49)(H,41,50)/q-1/t23-,24-/m1/s1. The van der Waals surface area contributed by atoms with Gasteiger partial charge < -0.3 is 50.8 Å². The van der Waals surface area contributed by atoms with Crippen molar-refractivity contribution in [2.45, 2.75) is 96.3 Å². The number of hydrogen-bond donors (Lipinski definition) is 6. The van der Waals surface area contributed by atoms with Crippen molar-refractivity contribution in [2.24, 2.45) is 5.73 Å². The topological polar surface area (TPSA) is 240 Å². The second-order valence-electron chi connectivity index (χ2n) is 15.5. The first-order chi connectivity index (χ1) is 24.1. The normalized spacial score (nSPS) is 17.3. The van der Waals surface area contributed by atoms with Gasteiger partial charge in [0.2, 0.25) is 41.4 Å². The van der Waals surface area contributed by atoms with Crippen LogP contribution in [0.5, 0.6) is 0 Å². The number of nitrogens with zero attached hydrogens (tertiary/aromatic N) is 2. The van der Waals surface area contributed by atoms with Crippen LogP contribution in [0.4, 0.5) is 0 Å². The monoisotopic (exact) mass is 747 g/mol. The summed E-state index contributed by atoms with van der Waals surface area (Å²) in [5.74, 6) is -4.33. The van der Waals surface area contributed by atoms with Crippen LogP contribution in [-0.4, -0.2) is 134 Å². The van der Waals surface area contributed by atoms with Gasteiger partial charge in [0.05, 0.1) is 12.1 Å². The molecular weight excluding hydrogens is 691 g/mol. The van der Waals surface area contributed by atoms with E-state index in [4.69, 9.17) is 19.7 Å². The predicted molar refractivity (Wildman–Crippen MR) is 196 cm³/mol. The molecule has 1 aliphatic heterocycles. The van der Waals surface area contributed by atoms with E-state index in [9.17, 15) is 33.6 Å². The minimum Gasteiger partial charge on any atom is -0.543 e. The highest BCUT2D eigenvalue weighted by molar-refractivity contribution is 6.76. The van der Waals surface area contributed by atoms with Crippen LogP contribution in [-0.2, 0) is 54.1 Å². The highest BCUT2D eigenvalue weighted by Gasteiger charge is 2.52. The van der Waals surface area contributed by atoms with E-state index in [0.717, 1.165) is 0 Å². The average molecular weight is 748 g/mol. The maximum atomic E-state index is 13.6. The van der Waals surface area contributed by atoms with Gasteiger partial charge in [-0.3, -0.25) is 38.9 Å². The van der Waals surface area contributed by atoms with Gasteiger partial charge in [0.1, 0.15) is 28.8 Å². The molecule has 296 valence electrons. The number of nitrogens with one attached hydrogen (secondary N) is 5. The number of hydrogen-bond acceptors (Lipinski definition) is 11. The average Bonchev–Trinajstić information content (AvgIpc) is 3.45. The largest absolute Gasteiger partial charge is 0.543 e. The molecule has 1 heterocycles. The lowest BCUT2D eigenvalue weighted by Crippen LogP contribution is -2.67. The Morgan fingerprint density at radius 3 is 1.49 bits per heavy atom. The maximum Gasteiger partial charge on any atom is 0.410 e. The number of carbonyl (C=O) groups excluding carboxylic acids is 7. The SMILES string of the molecule is CO[B-]1(c2ccccc2CNC(C)(C)C(=O)NC(C)(C)C(=O)NC(C)(C)C(=O)NC(C)(C)C(=O)NCC(N)=O)O[C@@H](C(=O)N(C)C)[C@H](C(=O)N(C)C)O1. The summed E-state index contributed by atoms with van der Waals surface area (Å²) in [5, 5.41) is 13.4. The van der Waals surface area contributed by atoms with Gasteiger partial charge in [-0.1, -0.05) is 29.8 Å². The molecule has 0 bridgehead atoms. The molecule has 0 radical (unpaired) electrons. The van der Waals surface area contributed by atoms with Gasteiger partial charge in [-0.2, -0.15) is 0 Å². The molecule has 7 N–H and O–H groups in total. The van der Waals surface area contributed by atoms with Crippen LogP contribution in [0.15, 0.2) is 24.3 Å². The Hall–Kier alpha value is -4.59. The third kappa shape index (κ3) is 10.7. The highest BCUT2D eigenvalue weighted by atomic mass is 16.8. The summed E-state index contributed by atoms with van der Waals surface area (Å²) in [6.07, 6.45) is -2.57. The molecule has 0 spiro atoms. The first-order valence-corrected chi connectivity index (χ1v) is 17.0. The van der Waals surface area contributed by atoms with Crippen LogP contribution < -0.4 is 37.8 Å². The van der Waals surface area contributed by atoms with Gasteiger partial charge >= 0.3 is 6.75 Å². The molecule has 19 heteroatoms. The van der Waals surface area contributed by atoms with E-state index in [2.05, 4.69) is 26.6 Å². The Bertz CT molecular complexity index is 1570. The van der Waals surface area contributed by atoms with E-state index in [1.807, 2.05) is 0 Å². The second-order valence-corrected chi connectivity index (χ2v) is 15.5. The molecule has 1 saturated heterocycles. The Kier molecular flexibility index (Phi) is 14.0. The number of benzene rings is 1. The van der Waals surface area contributed by atoms with E-state index < -0.39 is 89.0 Å². The van der Waals surface area contributed by atoms with Crippen LogP contribution in [0.2, 0.25) is 0 Å². The van der Waals surface area contributed by atoms with Crippen LogP contribution >= 0.6 is 0 Å². The van der Waals surface area contributed by atoms with E-state index >= 15 is 0 Å². The fourth-order valence-corrected chi connectivity index (χ4v) is 5.15. The van der Waals surface area contributed by atoms with Crippen molar-refractivity contribution >= 4 is 53.6 Å². The molecule has 2 rings (SSSR count). The fourth-order valence-electron chi connectivity index (χ4n) is 5.15. The van der Waals surface area contributed by atoms with E-state index in [0.29, 0.717) is 11.0 Å². The van der Waals surface area contributed by atoms with Crippen LogP contribution in [0.3, 0.4) is 0 Å². The second kappa shape index (κ2) is 16.6. The summed E-state index contributed by atoms with van der Waals surface area (Å²) >= 11 is 0.